The Morgan fingerprint density at radius 3 is 2.73 bits per heavy atom. The Kier molecular flexibility index (Phi) is 6.20. The molecule has 1 heterocycles. The molecule has 0 bridgehead atoms. The van der Waals surface area contributed by atoms with Gasteiger partial charge < -0.3 is 5.32 Å². The van der Waals surface area contributed by atoms with E-state index in [0.29, 0.717) is 6.04 Å². The van der Waals surface area contributed by atoms with E-state index in [4.69, 9.17) is 0 Å². The first kappa shape index (κ1) is 12.9. The van der Waals surface area contributed by atoms with Crippen LogP contribution in [0, 0.1) is 0 Å². The molecular weight excluding hydrogens is 226 g/mol. The highest BCUT2D eigenvalue weighted by molar-refractivity contribution is 7.97. The van der Waals surface area contributed by atoms with Crippen molar-refractivity contribution >= 4 is 23.1 Å². The second-order valence-electron chi connectivity index (χ2n) is 3.73. The molecule has 1 N–H and O–H groups in total. The van der Waals surface area contributed by atoms with Gasteiger partial charge in [0.25, 0.3) is 0 Å². The minimum absolute atomic E-state index is 0.575. The predicted octanol–water partition coefficient (Wildman–Crippen LogP) is 2.33. The first-order valence-electron chi connectivity index (χ1n) is 5.26. The number of aromatic nitrogens is 2. The Balaban J connectivity index is 2.19. The Labute approximate surface area is 100 Å². The SMILES string of the molecule is CSCc1nnc(CCCNC(C)C)s1. The molecule has 0 atom stereocenters. The summed E-state index contributed by atoms with van der Waals surface area (Å²) in [6, 6.07) is 0.575. The van der Waals surface area contributed by atoms with Crippen molar-refractivity contribution in [2.24, 2.45) is 0 Å². The minimum atomic E-state index is 0.575. The highest BCUT2D eigenvalue weighted by Crippen LogP contribution is 2.15. The van der Waals surface area contributed by atoms with Crippen molar-refractivity contribution in [3.63, 3.8) is 0 Å². The second kappa shape index (κ2) is 7.19. The molecular formula is C10H19N3S2. The number of nitrogens with zero attached hydrogens (tertiary/aromatic N) is 2. The lowest BCUT2D eigenvalue weighted by Gasteiger charge is -2.05. The van der Waals surface area contributed by atoms with E-state index in [2.05, 4.69) is 35.6 Å². The zero-order chi connectivity index (χ0) is 11.1. The number of nitrogens with one attached hydrogen (secondary N) is 1. The summed E-state index contributed by atoms with van der Waals surface area (Å²) >= 11 is 3.54. The summed E-state index contributed by atoms with van der Waals surface area (Å²) in [5.41, 5.74) is 0. The van der Waals surface area contributed by atoms with E-state index in [1.54, 1.807) is 23.1 Å². The van der Waals surface area contributed by atoms with Crippen LogP contribution in [-0.2, 0) is 12.2 Å². The van der Waals surface area contributed by atoms with Gasteiger partial charge in [-0.25, -0.2) is 0 Å². The van der Waals surface area contributed by atoms with Crippen LogP contribution in [0.5, 0.6) is 0 Å². The van der Waals surface area contributed by atoms with E-state index in [-0.39, 0.29) is 0 Å². The molecule has 0 saturated carbocycles. The lowest BCUT2D eigenvalue weighted by molar-refractivity contribution is 0.569. The Hall–Kier alpha value is -0.130. The molecule has 0 aromatic carbocycles. The molecule has 0 spiro atoms. The number of thioether (sulfide) groups is 1. The van der Waals surface area contributed by atoms with Crippen LogP contribution < -0.4 is 5.32 Å². The average molecular weight is 245 g/mol. The van der Waals surface area contributed by atoms with E-state index < -0.39 is 0 Å². The Bertz CT molecular complexity index is 273. The lowest BCUT2D eigenvalue weighted by atomic mass is 10.3. The zero-order valence-corrected chi connectivity index (χ0v) is 11.2. The second-order valence-corrected chi connectivity index (χ2v) is 5.75. The molecule has 86 valence electrons. The smallest absolute Gasteiger partial charge is 0.127 e. The van der Waals surface area contributed by atoms with Crippen LogP contribution in [0.15, 0.2) is 0 Å². The van der Waals surface area contributed by atoms with Gasteiger partial charge >= 0.3 is 0 Å². The largest absolute Gasteiger partial charge is 0.315 e. The average Bonchev–Trinajstić information content (AvgIpc) is 2.61. The summed E-state index contributed by atoms with van der Waals surface area (Å²) in [5, 5.41) is 14.0. The van der Waals surface area contributed by atoms with Gasteiger partial charge in [0.15, 0.2) is 0 Å². The van der Waals surface area contributed by atoms with Crippen LogP contribution in [0.2, 0.25) is 0 Å². The molecule has 0 saturated heterocycles. The monoisotopic (exact) mass is 245 g/mol. The highest BCUT2D eigenvalue weighted by atomic mass is 32.2. The van der Waals surface area contributed by atoms with Crippen LogP contribution in [0.25, 0.3) is 0 Å². The zero-order valence-electron chi connectivity index (χ0n) is 9.62. The van der Waals surface area contributed by atoms with Gasteiger partial charge in [-0.1, -0.05) is 13.8 Å². The molecule has 1 aromatic heterocycles. The van der Waals surface area contributed by atoms with Crippen molar-refractivity contribution in [3.05, 3.63) is 10.0 Å². The van der Waals surface area contributed by atoms with Gasteiger partial charge in [0.2, 0.25) is 0 Å². The Morgan fingerprint density at radius 2 is 2.07 bits per heavy atom. The summed E-state index contributed by atoms with van der Waals surface area (Å²) < 4.78 is 0. The first-order valence-corrected chi connectivity index (χ1v) is 7.47. The molecule has 3 nitrogen and oxygen atoms in total. The van der Waals surface area contributed by atoms with Gasteiger partial charge in [0.1, 0.15) is 10.0 Å². The third-order valence-corrected chi connectivity index (χ3v) is 3.62. The lowest BCUT2D eigenvalue weighted by Crippen LogP contribution is -2.23. The van der Waals surface area contributed by atoms with E-state index in [1.807, 2.05) is 0 Å². The quantitative estimate of drug-likeness (QED) is 0.748. The number of hydrogen-bond acceptors (Lipinski definition) is 5. The fourth-order valence-electron chi connectivity index (χ4n) is 1.20. The molecule has 1 aromatic rings. The molecule has 0 amide bonds. The van der Waals surface area contributed by atoms with Crippen molar-refractivity contribution < 1.29 is 0 Å². The molecule has 0 aliphatic rings. The van der Waals surface area contributed by atoms with Crippen LogP contribution in [0.1, 0.15) is 30.3 Å². The number of rotatable bonds is 7. The summed E-state index contributed by atoms with van der Waals surface area (Å²) in [7, 11) is 0. The van der Waals surface area contributed by atoms with Gasteiger partial charge in [0.05, 0.1) is 0 Å². The molecule has 0 radical (unpaired) electrons. The number of aryl methyl sites for hydroxylation is 1. The molecule has 0 aliphatic heterocycles. The fraction of sp³-hybridized carbons (Fsp3) is 0.800. The third-order valence-electron chi connectivity index (χ3n) is 1.90. The molecule has 0 aliphatic carbocycles. The van der Waals surface area contributed by atoms with Gasteiger partial charge in [-0.2, -0.15) is 11.8 Å². The maximum Gasteiger partial charge on any atom is 0.127 e. The molecule has 1 rings (SSSR count). The molecule has 5 heteroatoms. The van der Waals surface area contributed by atoms with Crippen molar-refractivity contribution in [2.75, 3.05) is 12.8 Å². The van der Waals surface area contributed by atoms with E-state index >= 15 is 0 Å². The highest BCUT2D eigenvalue weighted by Gasteiger charge is 2.03. The van der Waals surface area contributed by atoms with Gasteiger partial charge in [-0.15, -0.1) is 21.5 Å². The van der Waals surface area contributed by atoms with Gasteiger partial charge in [0, 0.05) is 18.2 Å². The summed E-state index contributed by atoms with van der Waals surface area (Å²) in [5.74, 6) is 0.988. The van der Waals surface area contributed by atoms with Crippen LogP contribution in [0.3, 0.4) is 0 Å². The summed E-state index contributed by atoms with van der Waals surface area (Å²) in [4.78, 5) is 0. The normalized spacial score (nSPS) is 11.2. The predicted molar refractivity (Wildman–Crippen MR) is 68.6 cm³/mol. The third kappa shape index (κ3) is 5.49. The fourth-order valence-corrected chi connectivity index (χ4v) is 2.78. The first-order chi connectivity index (χ1) is 7.22. The van der Waals surface area contributed by atoms with Crippen molar-refractivity contribution in [1.29, 1.82) is 0 Å². The standard InChI is InChI=1S/C10H19N3S2/c1-8(2)11-6-4-5-9-12-13-10(15-9)7-14-3/h8,11H,4-7H2,1-3H3. The summed E-state index contributed by atoms with van der Waals surface area (Å²) in [6.45, 7) is 5.40. The van der Waals surface area contributed by atoms with Crippen LogP contribution in [-0.4, -0.2) is 29.0 Å². The maximum absolute atomic E-state index is 4.18. The van der Waals surface area contributed by atoms with Crippen molar-refractivity contribution in [2.45, 2.75) is 38.5 Å². The van der Waals surface area contributed by atoms with Crippen molar-refractivity contribution in [1.82, 2.24) is 15.5 Å². The van der Waals surface area contributed by atoms with Crippen LogP contribution in [0.4, 0.5) is 0 Å². The molecule has 15 heavy (non-hydrogen) atoms. The van der Waals surface area contributed by atoms with Crippen molar-refractivity contribution in [3.8, 4) is 0 Å². The maximum atomic E-state index is 4.18. The minimum Gasteiger partial charge on any atom is -0.315 e. The Morgan fingerprint density at radius 1 is 1.33 bits per heavy atom. The van der Waals surface area contributed by atoms with Crippen LogP contribution >= 0.6 is 23.1 Å². The van der Waals surface area contributed by atoms with E-state index in [1.165, 1.54) is 5.01 Å². The molecule has 0 fully saturated rings. The van der Waals surface area contributed by atoms with Gasteiger partial charge in [-0.3, -0.25) is 0 Å². The van der Waals surface area contributed by atoms with E-state index in [0.717, 1.165) is 30.1 Å². The van der Waals surface area contributed by atoms with E-state index in [9.17, 15) is 0 Å². The topological polar surface area (TPSA) is 37.8 Å². The van der Waals surface area contributed by atoms with Gasteiger partial charge in [-0.05, 0) is 19.2 Å². The summed E-state index contributed by atoms with van der Waals surface area (Å²) in [6.07, 6.45) is 4.28. The number of hydrogen-bond donors (Lipinski definition) is 1. The molecule has 0 unspecified atom stereocenters.